The second-order valence-corrected chi connectivity index (χ2v) is 4.90. The predicted octanol–water partition coefficient (Wildman–Crippen LogP) is 1.30. The van der Waals surface area contributed by atoms with Gasteiger partial charge < -0.3 is 10.6 Å². The molecule has 21 heavy (non-hydrogen) atoms. The number of hydrogen-bond donors (Lipinski definition) is 1. The zero-order chi connectivity index (χ0) is 15.7. The SMILES string of the molecule is CCN(CC)C(=O)CN(C)Cc1ccccc1C#CCN. The Kier molecular flexibility index (Phi) is 7.52. The molecule has 2 N–H and O–H groups in total. The maximum absolute atomic E-state index is 12.1. The Morgan fingerprint density at radius 1 is 1.24 bits per heavy atom. The average Bonchev–Trinajstić information content (AvgIpc) is 2.47. The molecular weight excluding hydrogens is 262 g/mol. The summed E-state index contributed by atoms with van der Waals surface area (Å²) in [6, 6.07) is 7.98. The van der Waals surface area contributed by atoms with Gasteiger partial charge in [-0.1, -0.05) is 30.0 Å². The molecule has 1 rings (SSSR count). The lowest BCUT2D eigenvalue weighted by molar-refractivity contribution is -0.131. The Labute approximate surface area is 127 Å². The molecular formula is C17H25N3O. The maximum Gasteiger partial charge on any atom is 0.236 e. The summed E-state index contributed by atoms with van der Waals surface area (Å²) in [7, 11) is 1.95. The van der Waals surface area contributed by atoms with Gasteiger partial charge in [0.2, 0.25) is 5.91 Å². The molecule has 1 aromatic rings. The molecule has 0 fully saturated rings. The summed E-state index contributed by atoms with van der Waals surface area (Å²) >= 11 is 0. The molecule has 4 heteroatoms. The molecule has 0 heterocycles. The highest BCUT2D eigenvalue weighted by Crippen LogP contribution is 2.10. The van der Waals surface area contributed by atoms with E-state index in [4.69, 9.17) is 5.73 Å². The predicted molar refractivity (Wildman–Crippen MR) is 86.6 cm³/mol. The van der Waals surface area contributed by atoms with Gasteiger partial charge in [-0.25, -0.2) is 0 Å². The summed E-state index contributed by atoms with van der Waals surface area (Å²) in [5, 5.41) is 0. The van der Waals surface area contributed by atoms with Crippen LogP contribution in [0.2, 0.25) is 0 Å². The molecule has 0 saturated heterocycles. The van der Waals surface area contributed by atoms with Crippen molar-refractivity contribution in [2.45, 2.75) is 20.4 Å². The van der Waals surface area contributed by atoms with E-state index in [9.17, 15) is 4.79 Å². The van der Waals surface area contributed by atoms with Crippen LogP contribution in [0.4, 0.5) is 0 Å². The van der Waals surface area contributed by atoms with Crippen LogP contribution in [0.25, 0.3) is 0 Å². The normalized spacial score (nSPS) is 10.1. The largest absolute Gasteiger partial charge is 0.342 e. The standard InChI is InChI=1S/C17H25N3O/c1-4-20(5-2)17(21)14-19(3)13-16-10-7-6-9-15(16)11-8-12-18/h6-7,9-10H,4-5,12-14,18H2,1-3H3. The average molecular weight is 287 g/mol. The van der Waals surface area contributed by atoms with Crippen molar-refractivity contribution in [3.8, 4) is 11.8 Å². The van der Waals surface area contributed by atoms with E-state index in [0.29, 0.717) is 19.6 Å². The molecule has 0 aliphatic heterocycles. The summed E-state index contributed by atoms with van der Waals surface area (Å²) in [5.74, 6) is 6.12. The van der Waals surface area contributed by atoms with Crippen molar-refractivity contribution in [3.63, 3.8) is 0 Å². The van der Waals surface area contributed by atoms with Crippen LogP contribution >= 0.6 is 0 Å². The first kappa shape index (κ1) is 17.2. The Balaban J connectivity index is 2.71. The first-order chi connectivity index (χ1) is 10.1. The van der Waals surface area contributed by atoms with E-state index < -0.39 is 0 Å². The topological polar surface area (TPSA) is 49.6 Å². The first-order valence-corrected chi connectivity index (χ1v) is 7.35. The van der Waals surface area contributed by atoms with Crippen LogP contribution in [0.15, 0.2) is 24.3 Å². The quantitative estimate of drug-likeness (QED) is 0.802. The third-order valence-corrected chi connectivity index (χ3v) is 3.30. The van der Waals surface area contributed by atoms with Crippen molar-refractivity contribution in [2.24, 2.45) is 5.73 Å². The molecule has 0 radical (unpaired) electrons. The van der Waals surface area contributed by atoms with Gasteiger partial charge in [0.05, 0.1) is 13.1 Å². The lowest BCUT2D eigenvalue weighted by atomic mass is 10.1. The number of nitrogens with two attached hydrogens (primary N) is 1. The van der Waals surface area contributed by atoms with E-state index in [-0.39, 0.29) is 5.91 Å². The van der Waals surface area contributed by atoms with Crippen LogP contribution in [0, 0.1) is 11.8 Å². The molecule has 0 aliphatic rings. The van der Waals surface area contributed by atoms with Crippen molar-refractivity contribution >= 4 is 5.91 Å². The van der Waals surface area contributed by atoms with Crippen LogP contribution in [0.1, 0.15) is 25.0 Å². The summed E-state index contributed by atoms with van der Waals surface area (Å²) < 4.78 is 0. The zero-order valence-electron chi connectivity index (χ0n) is 13.2. The van der Waals surface area contributed by atoms with Crippen LogP contribution < -0.4 is 5.73 Å². The fourth-order valence-electron chi connectivity index (χ4n) is 2.18. The Morgan fingerprint density at radius 2 is 1.90 bits per heavy atom. The van der Waals surface area contributed by atoms with Gasteiger partial charge in [0, 0.05) is 25.2 Å². The van der Waals surface area contributed by atoms with Gasteiger partial charge in [0.1, 0.15) is 0 Å². The maximum atomic E-state index is 12.1. The highest BCUT2D eigenvalue weighted by molar-refractivity contribution is 5.78. The highest BCUT2D eigenvalue weighted by atomic mass is 16.2. The molecule has 1 amide bonds. The molecule has 0 bridgehead atoms. The first-order valence-electron chi connectivity index (χ1n) is 7.35. The zero-order valence-corrected chi connectivity index (χ0v) is 13.2. The smallest absolute Gasteiger partial charge is 0.236 e. The van der Waals surface area contributed by atoms with Gasteiger partial charge in [0.15, 0.2) is 0 Å². The van der Waals surface area contributed by atoms with Crippen molar-refractivity contribution in [3.05, 3.63) is 35.4 Å². The van der Waals surface area contributed by atoms with Crippen molar-refractivity contribution in [2.75, 3.05) is 33.2 Å². The van der Waals surface area contributed by atoms with E-state index in [2.05, 4.69) is 11.8 Å². The number of rotatable bonds is 6. The summed E-state index contributed by atoms with van der Waals surface area (Å²) in [5.41, 5.74) is 7.52. The minimum Gasteiger partial charge on any atom is -0.342 e. The molecule has 0 spiro atoms. The second-order valence-electron chi connectivity index (χ2n) is 4.90. The lowest BCUT2D eigenvalue weighted by Gasteiger charge is -2.23. The van der Waals surface area contributed by atoms with Crippen LogP contribution in [0.5, 0.6) is 0 Å². The Hall–Kier alpha value is -1.83. The van der Waals surface area contributed by atoms with E-state index in [1.807, 2.05) is 55.0 Å². The van der Waals surface area contributed by atoms with Gasteiger partial charge in [-0.15, -0.1) is 0 Å². The number of likely N-dealkylation sites (N-methyl/N-ethyl adjacent to an activating group) is 2. The van der Waals surface area contributed by atoms with E-state index >= 15 is 0 Å². The van der Waals surface area contributed by atoms with Crippen molar-refractivity contribution in [1.82, 2.24) is 9.80 Å². The van der Waals surface area contributed by atoms with Gasteiger partial charge in [-0.3, -0.25) is 9.69 Å². The van der Waals surface area contributed by atoms with Crippen molar-refractivity contribution < 1.29 is 4.79 Å². The molecule has 0 unspecified atom stereocenters. The van der Waals surface area contributed by atoms with Crippen LogP contribution in [-0.2, 0) is 11.3 Å². The van der Waals surface area contributed by atoms with Crippen LogP contribution in [-0.4, -0.2) is 48.9 Å². The van der Waals surface area contributed by atoms with Crippen LogP contribution in [0.3, 0.4) is 0 Å². The van der Waals surface area contributed by atoms with Crippen molar-refractivity contribution in [1.29, 1.82) is 0 Å². The minimum absolute atomic E-state index is 0.160. The van der Waals surface area contributed by atoms with Gasteiger partial charge in [-0.2, -0.15) is 0 Å². The molecule has 0 aliphatic carbocycles. The number of carbonyl (C=O) groups excluding carboxylic acids is 1. The Bertz CT molecular complexity index is 512. The summed E-state index contributed by atoms with van der Waals surface area (Å²) in [6.45, 7) is 6.97. The van der Waals surface area contributed by atoms with Gasteiger partial charge in [0.25, 0.3) is 0 Å². The van der Waals surface area contributed by atoms with E-state index in [1.54, 1.807) is 0 Å². The molecule has 1 aromatic carbocycles. The fourth-order valence-corrected chi connectivity index (χ4v) is 2.18. The number of hydrogen-bond acceptors (Lipinski definition) is 3. The molecule has 0 aromatic heterocycles. The number of benzene rings is 1. The van der Waals surface area contributed by atoms with E-state index in [0.717, 1.165) is 24.2 Å². The van der Waals surface area contributed by atoms with Gasteiger partial charge in [-0.05, 0) is 32.5 Å². The lowest BCUT2D eigenvalue weighted by Crippen LogP contribution is -2.38. The molecule has 0 atom stereocenters. The molecule has 4 nitrogen and oxygen atoms in total. The summed E-state index contributed by atoms with van der Waals surface area (Å²) in [4.78, 5) is 16.0. The number of amides is 1. The van der Waals surface area contributed by atoms with E-state index in [1.165, 1.54) is 0 Å². The molecule has 0 saturated carbocycles. The summed E-state index contributed by atoms with van der Waals surface area (Å²) in [6.07, 6.45) is 0. The number of nitrogens with zero attached hydrogens (tertiary/aromatic N) is 2. The minimum atomic E-state index is 0.160. The van der Waals surface area contributed by atoms with Gasteiger partial charge >= 0.3 is 0 Å². The third kappa shape index (κ3) is 5.58. The fraction of sp³-hybridized carbons (Fsp3) is 0.471. The monoisotopic (exact) mass is 287 g/mol. The third-order valence-electron chi connectivity index (χ3n) is 3.30. The number of carbonyl (C=O) groups is 1. The second kappa shape index (κ2) is 9.17. The Morgan fingerprint density at radius 3 is 2.52 bits per heavy atom. The molecule has 114 valence electrons. The highest BCUT2D eigenvalue weighted by Gasteiger charge is 2.13.